The van der Waals surface area contributed by atoms with Crippen LogP contribution in [0.3, 0.4) is 0 Å². The molecule has 112 valence electrons. The summed E-state index contributed by atoms with van der Waals surface area (Å²) < 4.78 is 6.72. The first-order chi connectivity index (χ1) is 10.2. The third-order valence-electron chi connectivity index (χ3n) is 4.18. The van der Waals surface area contributed by atoms with Crippen LogP contribution < -0.4 is 0 Å². The van der Waals surface area contributed by atoms with Crippen LogP contribution in [-0.2, 0) is 4.74 Å². The lowest BCUT2D eigenvalue weighted by Gasteiger charge is -2.30. The van der Waals surface area contributed by atoms with E-state index in [1.54, 1.807) is 12.1 Å². The molecule has 2 aromatic rings. The zero-order chi connectivity index (χ0) is 14.8. The Labute approximate surface area is 123 Å². The molecule has 0 amide bonds. The highest BCUT2D eigenvalue weighted by Gasteiger charge is 2.24. The molecule has 0 aliphatic carbocycles. The second-order valence-electron chi connectivity index (χ2n) is 5.43. The number of aromatic nitrogens is 3. The summed E-state index contributed by atoms with van der Waals surface area (Å²) in [4.78, 5) is 14.0. The predicted molar refractivity (Wildman–Crippen MR) is 78.4 cm³/mol. The third kappa shape index (κ3) is 2.63. The van der Waals surface area contributed by atoms with E-state index < -0.39 is 0 Å². The van der Waals surface area contributed by atoms with Gasteiger partial charge in [-0.15, -0.1) is 10.2 Å². The summed E-state index contributed by atoms with van der Waals surface area (Å²) in [5.41, 5.74) is 1.20. The van der Waals surface area contributed by atoms with Gasteiger partial charge < -0.3 is 9.64 Å². The Kier molecular flexibility index (Phi) is 3.88. The van der Waals surface area contributed by atoms with Gasteiger partial charge in [0.05, 0.1) is 12.7 Å². The molecule has 1 aliphatic rings. The lowest BCUT2D eigenvalue weighted by molar-refractivity contribution is 0.0600. The van der Waals surface area contributed by atoms with Crippen LogP contribution in [-0.4, -0.2) is 52.2 Å². The van der Waals surface area contributed by atoms with Crippen LogP contribution in [0.4, 0.5) is 0 Å². The number of piperidine rings is 1. The van der Waals surface area contributed by atoms with Crippen LogP contribution in [0.5, 0.6) is 0 Å². The van der Waals surface area contributed by atoms with Crippen molar-refractivity contribution in [3.8, 4) is 0 Å². The first-order valence-corrected chi connectivity index (χ1v) is 7.38. The normalized spacial score (nSPS) is 19.8. The fourth-order valence-electron chi connectivity index (χ4n) is 2.99. The Morgan fingerprint density at radius 1 is 1.48 bits per heavy atom. The van der Waals surface area contributed by atoms with E-state index in [0.717, 1.165) is 31.9 Å². The molecular formula is C15H20N4O2. The average Bonchev–Trinajstić information content (AvgIpc) is 2.97. The van der Waals surface area contributed by atoms with Gasteiger partial charge >= 0.3 is 5.97 Å². The minimum atomic E-state index is -0.350. The molecular weight excluding hydrogens is 268 g/mol. The van der Waals surface area contributed by atoms with Crippen molar-refractivity contribution in [2.75, 3.05) is 26.7 Å². The molecule has 6 nitrogen and oxygen atoms in total. The summed E-state index contributed by atoms with van der Waals surface area (Å²) in [6.45, 7) is 5.44. The van der Waals surface area contributed by atoms with Crippen LogP contribution >= 0.6 is 0 Å². The zero-order valence-electron chi connectivity index (χ0n) is 12.5. The van der Waals surface area contributed by atoms with Gasteiger partial charge in [0.1, 0.15) is 5.82 Å². The maximum Gasteiger partial charge on any atom is 0.338 e. The van der Waals surface area contributed by atoms with Crippen molar-refractivity contribution in [1.82, 2.24) is 19.5 Å². The van der Waals surface area contributed by atoms with E-state index in [-0.39, 0.29) is 5.97 Å². The van der Waals surface area contributed by atoms with E-state index >= 15 is 0 Å². The van der Waals surface area contributed by atoms with Crippen molar-refractivity contribution >= 4 is 11.6 Å². The van der Waals surface area contributed by atoms with Crippen LogP contribution in [0.25, 0.3) is 5.65 Å². The number of hydrogen-bond donors (Lipinski definition) is 0. The van der Waals surface area contributed by atoms with Crippen molar-refractivity contribution in [2.45, 2.75) is 25.7 Å². The molecule has 2 aromatic heterocycles. The summed E-state index contributed by atoms with van der Waals surface area (Å²) in [5.74, 6) is 1.04. The molecule has 6 heteroatoms. The predicted octanol–water partition coefficient (Wildman–Crippen LogP) is 1.72. The Hall–Kier alpha value is -1.95. The van der Waals surface area contributed by atoms with E-state index in [1.165, 1.54) is 13.5 Å². The molecule has 3 rings (SSSR count). The van der Waals surface area contributed by atoms with Gasteiger partial charge in [0.15, 0.2) is 5.65 Å². The van der Waals surface area contributed by atoms with Crippen molar-refractivity contribution in [1.29, 1.82) is 0 Å². The quantitative estimate of drug-likeness (QED) is 0.805. The fraction of sp³-hybridized carbons (Fsp3) is 0.533. The molecule has 0 N–H and O–H groups in total. The number of rotatable bonds is 3. The topological polar surface area (TPSA) is 59.7 Å². The molecule has 21 heavy (non-hydrogen) atoms. The number of carbonyl (C=O) groups excluding carboxylic acids is 1. The van der Waals surface area contributed by atoms with E-state index in [1.807, 2.05) is 10.6 Å². The monoisotopic (exact) mass is 288 g/mol. The Morgan fingerprint density at radius 2 is 2.33 bits per heavy atom. The third-order valence-corrected chi connectivity index (χ3v) is 4.18. The lowest BCUT2D eigenvalue weighted by Crippen LogP contribution is -2.34. The number of fused-ring (bicyclic) bond motifs is 1. The SMILES string of the molecule is CCN1CCCC(c2nnc3cc(C(=O)OC)ccn23)C1. The number of likely N-dealkylation sites (tertiary alicyclic amines) is 1. The maximum atomic E-state index is 11.6. The molecule has 0 aromatic carbocycles. The average molecular weight is 288 g/mol. The molecule has 1 atom stereocenters. The van der Waals surface area contributed by atoms with Gasteiger partial charge in [-0.05, 0) is 38.1 Å². The number of nitrogens with zero attached hydrogens (tertiary/aromatic N) is 4. The molecule has 0 spiro atoms. The van der Waals surface area contributed by atoms with E-state index in [9.17, 15) is 4.79 Å². The van der Waals surface area contributed by atoms with E-state index in [2.05, 4.69) is 22.0 Å². The van der Waals surface area contributed by atoms with Crippen LogP contribution in [0.15, 0.2) is 18.3 Å². The number of methoxy groups -OCH3 is 1. The minimum absolute atomic E-state index is 0.350. The Balaban J connectivity index is 1.91. The second-order valence-corrected chi connectivity index (χ2v) is 5.43. The Morgan fingerprint density at radius 3 is 3.10 bits per heavy atom. The first-order valence-electron chi connectivity index (χ1n) is 7.38. The van der Waals surface area contributed by atoms with Crippen LogP contribution in [0.2, 0.25) is 0 Å². The van der Waals surface area contributed by atoms with Crippen molar-refractivity contribution in [2.24, 2.45) is 0 Å². The van der Waals surface area contributed by atoms with Gasteiger partial charge in [-0.3, -0.25) is 4.40 Å². The zero-order valence-corrected chi connectivity index (χ0v) is 12.5. The second kappa shape index (κ2) is 5.81. The highest BCUT2D eigenvalue weighted by molar-refractivity contribution is 5.90. The van der Waals surface area contributed by atoms with Crippen molar-refractivity contribution < 1.29 is 9.53 Å². The molecule has 1 saturated heterocycles. The minimum Gasteiger partial charge on any atom is -0.465 e. The number of hydrogen-bond acceptors (Lipinski definition) is 5. The molecule has 0 radical (unpaired) electrons. The molecule has 0 bridgehead atoms. The molecule has 1 unspecified atom stereocenters. The molecule has 3 heterocycles. The Bertz CT molecular complexity index is 652. The number of ether oxygens (including phenoxy) is 1. The lowest BCUT2D eigenvalue weighted by atomic mass is 9.97. The number of carbonyl (C=O) groups is 1. The maximum absolute atomic E-state index is 11.6. The van der Waals surface area contributed by atoms with Gasteiger partial charge in [0.25, 0.3) is 0 Å². The number of pyridine rings is 1. The molecule has 1 fully saturated rings. The van der Waals surface area contributed by atoms with Gasteiger partial charge in [-0.1, -0.05) is 6.92 Å². The molecule has 0 saturated carbocycles. The summed E-state index contributed by atoms with van der Waals surface area (Å²) in [7, 11) is 1.38. The number of esters is 1. The van der Waals surface area contributed by atoms with Gasteiger partial charge in [-0.2, -0.15) is 0 Å². The fourth-order valence-corrected chi connectivity index (χ4v) is 2.99. The van der Waals surface area contributed by atoms with Crippen molar-refractivity contribution in [3.63, 3.8) is 0 Å². The van der Waals surface area contributed by atoms with Crippen molar-refractivity contribution in [3.05, 3.63) is 29.7 Å². The van der Waals surface area contributed by atoms with E-state index in [0.29, 0.717) is 17.1 Å². The molecule has 1 aliphatic heterocycles. The summed E-state index contributed by atoms with van der Waals surface area (Å²) in [6.07, 6.45) is 4.19. The highest BCUT2D eigenvalue weighted by Crippen LogP contribution is 2.26. The van der Waals surface area contributed by atoms with Gasteiger partial charge in [0.2, 0.25) is 0 Å². The summed E-state index contributed by atoms with van der Waals surface area (Å²) in [6, 6.07) is 3.48. The van der Waals surface area contributed by atoms with Crippen LogP contribution in [0, 0.1) is 0 Å². The smallest absolute Gasteiger partial charge is 0.338 e. The number of likely N-dealkylation sites (N-methyl/N-ethyl adjacent to an activating group) is 1. The highest BCUT2D eigenvalue weighted by atomic mass is 16.5. The van der Waals surface area contributed by atoms with Gasteiger partial charge in [-0.25, -0.2) is 4.79 Å². The largest absolute Gasteiger partial charge is 0.465 e. The van der Waals surface area contributed by atoms with Crippen LogP contribution in [0.1, 0.15) is 41.9 Å². The summed E-state index contributed by atoms with van der Waals surface area (Å²) in [5, 5.41) is 8.56. The van der Waals surface area contributed by atoms with Gasteiger partial charge in [0, 0.05) is 18.7 Å². The summed E-state index contributed by atoms with van der Waals surface area (Å²) >= 11 is 0. The first kappa shape index (κ1) is 14.0. The standard InChI is InChI=1S/C15H20N4O2/c1-3-18-7-4-5-12(10-18)14-17-16-13-9-11(15(20)21-2)6-8-19(13)14/h6,8-9,12H,3-5,7,10H2,1-2H3. The van der Waals surface area contributed by atoms with E-state index in [4.69, 9.17) is 4.74 Å².